The Morgan fingerprint density at radius 2 is 2.38 bits per heavy atom. The molecule has 0 spiro atoms. The van der Waals surface area contributed by atoms with Gasteiger partial charge in [0.05, 0.1) is 23.3 Å². The van der Waals surface area contributed by atoms with Crippen molar-refractivity contribution >= 4 is 21.9 Å². The Labute approximate surface area is 100 Å². The van der Waals surface area contributed by atoms with E-state index >= 15 is 0 Å². The first-order valence-electron chi connectivity index (χ1n) is 4.45. The summed E-state index contributed by atoms with van der Waals surface area (Å²) in [7, 11) is 1.34. The Kier molecular flexibility index (Phi) is 3.00. The fourth-order valence-electron chi connectivity index (χ4n) is 1.21. The fourth-order valence-corrected chi connectivity index (χ4v) is 1.50. The van der Waals surface area contributed by atoms with Crippen LogP contribution < -0.4 is 0 Å². The van der Waals surface area contributed by atoms with Crippen LogP contribution >= 0.6 is 15.9 Å². The van der Waals surface area contributed by atoms with Crippen LogP contribution in [0.3, 0.4) is 0 Å². The zero-order valence-corrected chi connectivity index (χ0v) is 10.0. The second kappa shape index (κ2) is 4.44. The normalized spacial score (nSPS) is 10.1. The van der Waals surface area contributed by atoms with Gasteiger partial charge in [0, 0.05) is 12.4 Å². The first-order chi connectivity index (χ1) is 7.70. The molecule has 0 aliphatic heterocycles. The van der Waals surface area contributed by atoms with Crippen molar-refractivity contribution in [2.45, 2.75) is 0 Å². The van der Waals surface area contributed by atoms with Gasteiger partial charge in [0.15, 0.2) is 5.82 Å². The number of nitrogens with zero attached hydrogens (tertiary/aromatic N) is 3. The number of methoxy groups -OCH3 is 1. The van der Waals surface area contributed by atoms with Gasteiger partial charge in [-0.2, -0.15) is 5.10 Å². The molecule has 6 heteroatoms. The standard InChI is InChI=1S/C10H8BrN3O2/c1-16-10(15)7-2-3-12-9(4-7)14-6-8(11)5-13-14/h2-6H,1H3. The lowest BCUT2D eigenvalue weighted by atomic mass is 10.2. The van der Waals surface area contributed by atoms with E-state index in [1.54, 1.807) is 29.2 Å². The summed E-state index contributed by atoms with van der Waals surface area (Å²) in [4.78, 5) is 15.4. The molecule has 0 unspecified atom stereocenters. The van der Waals surface area contributed by atoms with Gasteiger partial charge >= 0.3 is 5.97 Å². The predicted molar refractivity (Wildman–Crippen MR) is 60.4 cm³/mol. The number of carbonyl (C=O) groups is 1. The number of aromatic nitrogens is 3. The molecule has 5 nitrogen and oxygen atoms in total. The fraction of sp³-hybridized carbons (Fsp3) is 0.100. The number of esters is 1. The van der Waals surface area contributed by atoms with Gasteiger partial charge in [0.1, 0.15) is 0 Å². The third kappa shape index (κ3) is 2.11. The highest BCUT2D eigenvalue weighted by Gasteiger charge is 2.07. The summed E-state index contributed by atoms with van der Waals surface area (Å²) < 4.78 is 7.04. The highest BCUT2D eigenvalue weighted by Crippen LogP contribution is 2.12. The maximum atomic E-state index is 11.3. The topological polar surface area (TPSA) is 57.0 Å². The van der Waals surface area contributed by atoms with Gasteiger partial charge in [-0.25, -0.2) is 14.5 Å². The van der Waals surface area contributed by atoms with Crippen LogP contribution in [-0.2, 0) is 4.74 Å². The Morgan fingerprint density at radius 3 is 3.00 bits per heavy atom. The molecule has 0 fully saturated rings. The molecular formula is C10H8BrN3O2. The molecule has 0 aromatic carbocycles. The monoisotopic (exact) mass is 281 g/mol. The zero-order valence-electron chi connectivity index (χ0n) is 8.42. The van der Waals surface area contributed by atoms with E-state index in [4.69, 9.17) is 0 Å². The Morgan fingerprint density at radius 1 is 1.56 bits per heavy atom. The van der Waals surface area contributed by atoms with Gasteiger partial charge in [-0.15, -0.1) is 0 Å². The summed E-state index contributed by atoms with van der Waals surface area (Å²) in [5, 5.41) is 4.07. The van der Waals surface area contributed by atoms with E-state index in [-0.39, 0.29) is 0 Å². The molecule has 0 saturated carbocycles. The molecule has 2 aromatic rings. The molecule has 0 atom stereocenters. The van der Waals surface area contributed by atoms with Gasteiger partial charge in [0.25, 0.3) is 0 Å². The third-order valence-electron chi connectivity index (χ3n) is 1.95. The van der Waals surface area contributed by atoms with E-state index in [1.165, 1.54) is 13.3 Å². The van der Waals surface area contributed by atoms with Crippen LogP contribution in [0.1, 0.15) is 10.4 Å². The smallest absolute Gasteiger partial charge is 0.338 e. The summed E-state index contributed by atoms with van der Waals surface area (Å²) >= 11 is 3.29. The van der Waals surface area contributed by atoms with Gasteiger partial charge in [0.2, 0.25) is 0 Å². The van der Waals surface area contributed by atoms with Crippen molar-refractivity contribution in [2.24, 2.45) is 0 Å². The van der Waals surface area contributed by atoms with Crippen molar-refractivity contribution in [1.29, 1.82) is 0 Å². The number of hydrogen-bond acceptors (Lipinski definition) is 4. The first-order valence-corrected chi connectivity index (χ1v) is 5.25. The minimum Gasteiger partial charge on any atom is -0.465 e. The van der Waals surface area contributed by atoms with Gasteiger partial charge in [-0.3, -0.25) is 0 Å². The second-order valence-electron chi connectivity index (χ2n) is 3.00. The summed E-state index contributed by atoms with van der Waals surface area (Å²) in [6.07, 6.45) is 4.94. The van der Waals surface area contributed by atoms with Crippen molar-refractivity contribution < 1.29 is 9.53 Å². The van der Waals surface area contributed by atoms with E-state index in [0.717, 1.165) is 4.47 Å². The van der Waals surface area contributed by atoms with E-state index in [9.17, 15) is 4.79 Å². The van der Waals surface area contributed by atoms with Crippen LogP contribution in [0.25, 0.3) is 5.82 Å². The summed E-state index contributed by atoms with van der Waals surface area (Å²) in [5.41, 5.74) is 0.444. The average molecular weight is 282 g/mol. The molecule has 2 aromatic heterocycles. The van der Waals surface area contributed by atoms with Crippen molar-refractivity contribution in [3.05, 3.63) is 40.8 Å². The minimum absolute atomic E-state index is 0.394. The molecular weight excluding hydrogens is 274 g/mol. The zero-order chi connectivity index (χ0) is 11.5. The molecule has 0 aliphatic carbocycles. The number of hydrogen-bond donors (Lipinski definition) is 0. The average Bonchev–Trinajstić information content (AvgIpc) is 2.75. The van der Waals surface area contributed by atoms with Gasteiger partial charge in [-0.05, 0) is 28.1 Å². The van der Waals surface area contributed by atoms with Crippen molar-refractivity contribution in [2.75, 3.05) is 7.11 Å². The molecule has 2 heterocycles. The summed E-state index contributed by atoms with van der Waals surface area (Å²) in [6.45, 7) is 0. The largest absolute Gasteiger partial charge is 0.465 e. The molecule has 0 aliphatic rings. The quantitative estimate of drug-likeness (QED) is 0.788. The summed E-state index contributed by atoms with van der Waals surface area (Å²) in [5.74, 6) is 0.170. The van der Waals surface area contributed by atoms with Crippen molar-refractivity contribution in [3.8, 4) is 5.82 Å². The Hall–Kier alpha value is -1.69. The number of ether oxygens (including phenoxy) is 1. The van der Waals surface area contributed by atoms with E-state index in [1.807, 2.05) is 0 Å². The van der Waals surface area contributed by atoms with Crippen LogP contribution in [0.15, 0.2) is 35.2 Å². The van der Waals surface area contributed by atoms with E-state index < -0.39 is 5.97 Å². The molecule has 0 N–H and O–H groups in total. The number of pyridine rings is 1. The third-order valence-corrected chi connectivity index (χ3v) is 2.36. The second-order valence-corrected chi connectivity index (χ2v) is 3.91. The lowest BCUT2D eigenvalue weighted by Gasteiger charge is -2.02. The van der Waals surface area contributed by atoms with Crippen LogP contribution in [0.4, 0.5) is 0 Å². The molecule has 2 rings (SSSR count). The highest BCUT2D eigenvalue weighted by molar-refractivity contribution is 9.10. The SMILES string of the molecule is COC(=O)c1ccnc(-n2cc(Br)cn2)c1. The summed E-state index contributed by atoms with van der Waals surface area (Å²) in [6, 6.07) is 3.21. The molecule has 0 saturated heterocycles. The Bertz CT molecular complexity index is 524. The lowest BCUT2D eigenvalue weighted by molar-refractivity contribution is 0.0600. The van der Waals surface area contributed by atoms with Crippen LogP contribution in [0, 0.1) is 0 Å². The predicted octanol–water partition coefficient (Wildman–Crippen LogP) is 1.82. The molecule has 0 amide bonds. The number of halogens is 1. The van der Waals surface area contributed by atoms with E-state index in [0.29, 0.717) is 11.4 Å². The van der Waals surface area contributed by atoms with Crippen molar-refractivity contribution in [3.63, 3.8) is 0 Å². The maximum absolute atomic E-state index is 11.3. The van der Waals surface area contributed by atoms with Crippen LogP contribution in [-0.4, -0.2) is 27.8 Å². The van der Waals surface area contributed by atoms with E-state index in [2.05, 4.69) is 30.7 Å². The van der Waals surface area contributed by atoms with Crippen LogP contribution in [0.2, 0.25) is 0 Å². The number of rotatable bonds is 2. The highest BCUT2D eigenvalue weighted by atomic mass is 79.9. The van der Waals surface area contributed by atoms with Crippen LogP contribution in [0.5, 0.6) is 0 Å². The lowest BCUT2D eigenvalue weighted by Crippen LogP contribution is -2.04. The molecule has 16 heavy (non-hydrogen) atoms. The molecule has 0 radical (unpaired) electrons. The van der Waals surface area contributed by atoms with Gasteiger partial charge in [-0.1, -0.05) is 0 Å². The molecule has 0 bridgehead atoms. The Balaban J connectivity index is 2.39. The molecule has 82 valence electrons. The van der Waals surface area contributed by atoms with Crippen molar-refractivity contribution in [1.82, 2.24) is 14.8 Å². The minimum atomic E-state index is -0.394. The maximum Gasteiger partial charge on any atom is 0.338 e. The van der Waals surface area contributed by atoms with Gasteiger partial charge < -0.3 is 4.74 Å². The first kappa shape index (κ1) is 10.8. The number of carbonyl (C=O) groups excluding carboxylic acids is 1.